The first kappa shape index (κ1) is 13.0. The molecule has 0 saturated heterocycles. The molecule has 0 radical (unpaired) electrons. The minimum Gasteiger partial charge on any atom is -0.307 e. The molecule has 94 valence electrons. The maximum atomic E-state index is 13.8. The monoisotopic (exact) mass is 299 g/mol. The molecular formula is C14H19BrFN. The van der Waals surface area contributed by atoms with Crippen LogP contribution in [-0.4, -0.2) is 6.04 Å². The molecule has 1 aromatic carbocycles. The fourth-order valence-electron chi connectivity index (χ4n) is 2.41. The molecule has 2 atom stereocenters. The molecule has 1 aromatic rings. The van der Waals surface area contributed by atoms with Gasteiger partial charge in [0.15, 0.2) is 0 Å². The summed E-state index contributed by atoms with van der Waals surface area (Å²) in [6, 6.07) is 5.82. The van der Waals surface area contributed by atoms with E-state index in [4.69, 9.17) is 0 Å². The molecule has 1 N–H and O–H groups in total. The number of hydrogen-bond acceptors (Lipinski definition) is 1. The van der Waals surface area contributed by atoms with E-state index in [2.05, 4.69) is 28.2 Å². The number of nitrogens with one attached hydrogen (secondary N) is 1. The molecule has 1 aliphatic rings. The second-order valence-corrected chi connectivity index (χ2v) is 5.95. The normalized spacial score (nSPS) is 19.8. The van der Waals surface area contributed by atoms with Crippen LogP contribution in [0.15, 0.2) is 22.7 Å². The van der Waals surface area contributed by atoms with Gasteiger partial charge in [0, 0.05) is 22.1 Å². The summed E-state index contributed by atoms with van der Waals surface area (Å²) in [7, 11) is 0. The SMILES string of the molecule is CC(NC(C)C1CCC1)c1ccc(Br)cc1F. The first-order valence-electron chi connectivity index (χ1n) is 6.29. The summed E-state index contributed by atoms with van der Waals surface area (Å²) in [5, 5.41) is 3.50. The highest BCUT2D eigenvalue weighted by Gasteiger charge is 2.25. The second-order valence-electron chi connectivity index (χ2n) is 5.03. The molecule has 0 aliphatic heterocycles. The standard InChI is InChI=1S/C14H19BrFN/c1-9(11-4-3-5-11)17-10(2)13-7-6-12(15)8-14(13)16/h6-11,17H,3-5H2,1-2H3. The average molecular weight is 300 g/mol. The molecule has 0 amide bonds. The minimum atomic E-state index is -0.139. The Morgan fingerprint density at radius 2 is 2.06 bits per heavy atom. The van der Waals surface area contributed by atoms with Crippen LogP contribution in [0.1, 0.15) is 44.7 Å². The van der Waals surface area contributed by atoms with Crippen LogP contribution in [0, 0.1) is 11.7 Å². The Hall–Kier alpha value is -0.410. The van der Waals surface area contributed by atoms with Crippen LogP contribution >= 0.6 is 15.9 Å². The summed E-state index contributed by atoms with van der Waals surface area (Å²) in [6.07, 6.45) is 3.96. The van der Waals surface area contributed by atoms with Crippen molar-refractivity contribution in [2.24, 2.45) is 5.92 Å². The van der Waals surface area contributed by atoms with Crippen molar-refractivity contribution >= 4 is 15.9 Å². The highest BCUT2D eigenvalue weighted by Crippen LogP contribution is 2.31. The van der Waals surface area contributed by atoms with Crippen LogP contribution in [0.5, 0.6) is 0 Å². The average Bonchev–Trinajstić information content (AvgIpc) is 2.13. The molecule has 1 saturated carbocycles. The maximum absolute atomic E-state index is 13.8. The zero-order chi connectivity index (χ0) is 12.4. The smallest absolute Gasteiger partial charge is 0.129 e. The predicted molar refractivity (Wildman–Crippen MR) is 72.5 cm³/mol. The number of rotatable bonds is 4. The zero-order valence-corrected chi connectivity index (χ0v) is 11.9. The third-order valence-electron chi connectivity index (χ3n) is 3.80. The number of halogens is 2. The third-order valence-corrected chi connectivity index (χ3v) is 4.29. The van der Waals surface area contributed by atoms with Crippen molar-refractivity contribution in [1.82, 2.24) is 5.32 Å². The molecule has 0 aromatic heterocycles. The van der Waals surface area contributed by atoms with Crippen LogP contribution in [0.2, 0.25) is 0 Å². The molecular weight excluding hydrogens is 281 g/mol. The first-order chi connectivity index (χ1) is 8.08. The van der Waals surface area contributed by atoms with Crippen molar-refractivity contribution in [3.63, 3.8) is 0 Å². The van der Waals surface area contributed by atoms with Gasteiger partial charge in [-0.3, -0.25) is 0 Å². The van der Waals surface area contributed by atoms with Crippen molar-refractivity contribution in [3.8, 4) is 0 Å². The summed E-state index contributed by atoms with van der Waals surface area (Å²) in [5.41, 5.74) is 0.749. The van der Waals surface area contributed by atoms with Crippen molar-refractivity contribution < 1.29 is 4.39 Å². The summed E-state index contributed by atoms with van der Waals surface area (Å²) < 4.78 is 14.6. The number of hydrogen-bond donors (Lipinski definition) is 1. The van der Waals surface area contributed by atoms with Crippen molar-refractivity contribution in [2.75, 3.05) is 0 Å². The van der Waals surface area contributed by atoms with E-state index in [0.717, 1.165) is 16.0 Å². The molecule has 3 heteroatoms. The Morgan fingerprint density at radius 3 is 2.59 bits per heavy atom. The van der Waals surface area contributed by atoms with Gasteiger partial charge in [0.1, 0.15) is 5.82 Å². The highest BCUT2D eigenvalue weighted by atomic mass is 79.9. The summed E-state index contributed by atoms with van der Waals surface area (Å²) >= 11 is 3.28. The number of benzene rings is 1. The van der Waals surface area contributed by atoms with Crippen molar-refractivity contribution in [2.45, 2.75) is 45.2 Å². The van der Waals surface area contributed by atoms with E-state index in [1.807, 2.05) is 19.1 Å². The molecule has 17 heavy (non-hydrogen) atoms. The van der Waals surface area contributed by atoms with E-state index in [9.17, 15) is 4.39 Å². The third kappa shape index (κ3) is 3.08. The van der Waals surface area contributed by atoms with Gasteiger partial charge in [-0.1, -0.05) is 28.4 Å². The zero-order valence-electron chi connectivity index (χ0n) is 10.3. The molecule has 0 heterocycles. The van der Waals surface area contributed by atoms with Gasteiger partial charge < -0.3 is 5.32 Å². The fourth-order valence-corrected chi connectivity index (χ4v) is 2.75. The lowest BCUT2D eigenvalue weighted by atomic mass is 9.80. The van der Waals surface area contributed by atoms with Gasteiger partial charge in [-0.05, 0) is 44.7 Å². The van der Waals surface area contributed by atoms with Crippen LogP contribution in [-0.2, 0) is 0 Å². The van der Waals surface area contributed by atoms with Gasteiger partial charge in [-0.2, -0.15) is 0 Å². The van der Waals surface area contributed by atoms with Crippen LogP contribution in [0.3, 0.4) is 0 Å². The largest absolute Gasteiger partial charge is 0.307 e. The molecule has 1 fully saturated rings. The van der Waals surface area contributed by atoms with Gasteiger partial charge in [-0.15, -0.1) is 0 Å². The highest BCUT2D eigenvalue weighted by molar-refractivity contribution is 9.10. The second kappa shape index (κ2) is 5.49. The molecule has 2 unspecified atom stereocenters. The Labute approximate surface area is 111 Å². The molecule has 2 rings (SSSR count). The first-order valence-corrected chi connectivity index (χ1v) is 7.08. The van der Waals surface area contributed by atoms with E-state index >= 15 is 0 Å². The van der Waals surface area contributed by atoms with Crippen LogP contribution in [0.25, 0.3) is 0 Å². The molecule has 0 bridgehead atoms. The lowest BCUT2D eigenvalue weighted by Gasteiger charge is -2.34. The Kier molecular flexibility index (Phi) is 4.21. The van der Waals surface area contributed by atoms with E-state index in [-0.39, 0.29) is 11.9 Å². The lowest BCUT2D eigenvalue weighted by Crippen LogP contribution is -2.38. The minimum absolute atomic E-state index is 0.0682. The van der Waals surface area contributed by atoms with Gasteiger partial charge in [-0.25, -0.2) is 4.39 Å². The fraction of sp³-hybridized carbons (Fsp3) is 0.571. The van der Waals surface area contributed by atoms with E-state index in [0.29, 0.717) is 6.04 Å². The van der Waals surface area contributed by atoms with Crippen molar-refractivity contribution in [3.05, 3.63) is 34.1 Å². The van der Waals surface area contributed by atoms with Gasteiger partial charge >= 0.3 is 0 Å². The summed E-state index contributed by atoms with van der Waals surface area (Å²) in [6.45, 7) is 4.23. The van der Waals surface area contributed by atoms with E-state index in [1.165, 1.54) is 25.3 Å². The summed E-state index contributed by atoms with van der Waals surface area (Å²) in [4.78, 5) is 0. The maximum Gasteiger partial charge on any atom is 0.129 e. The van der Waals surface area contributed by atoms with Gasteiger partial charge in [0.05, 0.1) is 0 Å². The lowest BCUT2D eigenvalue weighted by molar-refractivity contribution is 0.229. The molecule has 0 spiro atoms. The van der Waals surface area contributed by atoms with Gasteiger partial charge in [0.25, 0.3) is 0 Å². The van der Waals surface area contributed by atoms with Crippen molar-refractivity contribution in [1.29, 1.82) is 0 Å². The topological polar surface area (TPSA) is 12.0 Å². The molecule has 1 nitrogen and oxygen atoms in total. The Morgan fingerprint density at radius 1 is 1.35 bits per heavy atom. The Balaban J connectivity index is 2.00. The van der Waals surface area contributed by atoms with Crippen LogP contribution in [0.4, 0.5) is 4.39 Å². The molecule has 1 aliphatic carbocycles. The van der Waals surface area contributed by atoms with E-state index in [1.54, 1.807) is 0 Å². The van der Waals surface area contributed by atoms with Gasteiger partial charge in [0.2, 0.25) is 0 Å². The van der Waals surface area contributed by atoms with E-state index < -0.39 is 0 Å². The van der Waals surface area contributed by atoms with Crippen LogP contribution < -0.4 is 5.32 Å². The summed E-state index contributed by atoms with van der Waals surface area (Å²) in [5.74, 6) is 0.635. The Bertz CT molecular complexity index is 390. The predicted octanol–water partition coefficient (Wildman–Crippen LogP) is 4.43. The quantitative estimate of drug-likeness (QED) is 0.867.